The van der Waals surface area contributed by atoms with E-state index in [9.17, 15) is 14.4 Å². The zero-order valence-electron chi connectivity index (χ0n) is 15.8. The van der Waals surface area contributed by atoms with Gasteiger partial charge in [-0.1, -0.05) is 15.9 Å². The van der Waals surface area contributed by atoms with E-state index in [4.69, 9.17) is 4.74 Å². The summed E-state index contributed by atoms with van der Waals surface area (Å²) in [6, 6.07) is 10.4. The Morgan fingerprint density at radius 1 is 1.07 bits per heavy atom. The van der Waals surface area contributed by atoms with Gasteiger partial charge in [0.2, 0.25) is 0 Å². The largest absolute Gasteiger partial charge is 0.455 e. The van der Waals surface area contributed by atoms with Gasteiger partial charge in [-0.25, -0.2) is 0 Å². The Balaban J connectivity index is 1.78. The molecule has 0 saturated carbocycles. The molecule has 0 aromatic heterocycles. The molecule has 0 unspecified atom stereocenters. The van der Waals surface area contributed by atoms with Crippen molar-refractivity contribution in [1.29, 1.82) is 0 Å². The number of esters is 1. The lowest BCUT2D eigenvalue weighted by Gasteiger charge is -2.09. The normalized spacial score (nSPS) is 10.3. The number of rotatable bonds is 7. The van der Waals surface area contributed by atoms with Gasteiger partial charge in [0.15, 0.2) is 6.61 Å². The minimum Gasteiger partial charge on any atom is -0.455 e. The number of hydrogen-bond donors (Lipinski definition) is 2. The van der Waals surface area contributed by atoms with Gasteiger partial charge in [0.25, 0.3) is 11.8 Å². The first-order valence-electron chi connectivity index (χ1n) is 8.47. The van der Waals surface area contributed by atoms with Crippen LogP contribution in [0, 0.1) is 13.8 Å². The van der Waals surface area contributed by atoms with Crippen LogP contribution in [0.25, 0.3) is 0 Å². The third-order valence-corrected chi connectivity index (χ3v) is 5.81. The number of carbonyl (C=O) groups excluding carboxylic acids is 3. The predicted octanol–water partition coefficient (Wildman–Crippen LogP) is 3.70. The van der Waals surface area contributed by atoms with Gasteiger partial charge in [-0.3, -0.25) is 14.4 Å². The quantitative estimate of drug-likeness (QED) is 0.481. The van der Waals surface area contributed by atoms with Crippen molar-refractivity contribution in [2.45, 2.75) is 18.7 Å². The highest BCUT2D eigenvalue weighted by atomic mass is 79.9. The van der Waals surface area contributed by atoms with E-state index in [-0.39, 0.29) is 18.3 Å². The highest BCUT2D eigenvalue weighted by molar-refractivity contribution is 9.10. The number of anilines is 1. The van der Waals surface area contributed by atoms with Crippen molar-refractivity contribution in [3.63, 3.8) is 0 Å². The van der Waals surface area contributed by atoms with Crippen molar-refractivity contribution >= 4 is 51.2 Å². The lowest BCUT2D eigenvalue weighted by molar-refractivity contribution is -0.144. The Morgan fingerprint density at radius 2 is 1.75 bits per heavy atom. The second kappa shape index (κ2) is 10.3. The van der Waals surface area contributed by atoms with E-state index in [1.165, 1.54) is 11.8 Å². The Kier molecular flexibility index (Phi) is 8.07. The Bertz CT molecular complexity index is 885. The summed E-state index contributed by atoms with van der Waals surface area (Å²) in [6.45, 7) is 3.59. The van der Waals surface area contributed by atoms with E-state index in [1.54, 1.807) is 31.3 Å². The molecule has 0 radical (unpaired) electrons. The topological polar surface area (TPSA) is 84.5 Å². The molecule has 8 heteroatoms. The summed E-state index contributed by atoms with van der Waals surface area (Å²) >= 11 is 4.85. The molecule has 2 N–H and O–H groups in total. The summed E-state index contributed by atoms with van der Waals surface area (Å²) in [7, 11) is 1.55. The number of aryl methyl sites for hydroxylation is 2. The lowest BCUT2D eigenvalue weighted by Crippen LogP contribution is -2.22. The molecule has 0 aliphatic carbocycles. The summed E-state index contributed by atoms with van der Waals surface area (Å²) in [5, 5.41) is 5.14. The second-order valence-electron chi connectivity index (χ2n) is 6.02. The maximum atomic E-state index is 11.9. The fourth-order valence-corrected chi connectivity index (χ4v) is 3.64. The number of thioether (sulfide) groups is 1. The number of amides is 2. The number of ether oxygens (including phenoxy) is 1. The zero-order valence-corrected chi connectivity index (χ0v) is 18.2. The van der Waals surface area contributed by atoms with Crippen LogP contribution in [0.2, 0.25) is 0 Å². The van der Waals surface area contributed by atoms with Crippen LogP contribution in [-0.4, -0.2) is 37.2 Å². The van der Waals surface area contributed by atoms with E-state index in [2.05, 4.69) is 26.6 Å². The van der Waals surface area contributed by atoms with Gasteiger partial charge in [0.1, 0.15) is 0 Å². The molecule has 2 amide bonds. The summed E-state index contributed by atoms with van der Waals surface area (Å²) in [5.41, 5.74) is 3.16. The highest BCUT2D eigenvalue weighted by Gasteiger charge is 2.11. The van der Waals surface area contributed by atoms with Crippen LogP contribution in [0.15, 0.2) is 45.8 Å². The number of carbonyl (C=O) groups is 3. The number of nitrogens with one attached hydrogen (secondary N) is 2. The number of benzene rings is 2. The van der Waals surface area contributed by atoms with Crippen LogP contribution in [0.3, 0.4) is 0 Å². The van der Waals surface area contributed by atoms with Crippen molar-refractivity contribution in [3.8, 4) is 0 Å². The Hall–Kier alpha value is -2.32. The standard InChI is InChI=1S/C20H21BrN2O4S/c1-12-9-17(13(2)8-16(12)21)28-11-19(25)27-10-18(24)23-15-6-4-14(5-7-15)20(26)22-3/h4-9H,10-11H2,1-3H3,(H,22,26)(H,23,24). The summed E-state index contributed by atoms with van der Waals surface area (Å²) in [6.07, 6.45) is 0. The fourth-order valence-electron chi connectivity index (χ4n) is 2.28. The molecule has 148 valence electrons. The van der Waals surface area contributed by atoms with Gasteiger partial charge in [-0.2, -0.15) is 0 Å². The Labute approximate surface area is 176 Å². The summed E-state index contributed by atoms with van der Waals surface area (Å²) < 4.78 is 6.05. The van der Waals surface area contributed by atoms with Gasteiger partial charge >= 0.3 is 5.97 Å². The average molecular weight is 465 g/mol. The predicted molar refractivity (Wildman–Crippen MR) is 114 cm³/mol. The van der Waals surface area contributed by atoms with Crippen molar-refractivity contribution in [1.82, 2.24) is 5.32 Å². The third-order valence-electron chi connectivity index (χ3n) is 3.82. The molecular weight excluding hydrogens is 444 g/mol. The van der Waals surface area contributed by atoms with Gasteiger partial charge < -0.3 is 15.4 Å². The van der Waals surface area contributed by atoms with E-state index < -0.39 is 11.9 Å². The van der Waals surface area contributed by atoms with Gasteiger partial charge in [0, 0.05) is 27.7 Å². The maximum Gasteiger partial charge on any atom is 0.316 e. The first-order chi connectivity index (χ1) is 13.3. The maximum absolute atomic E-state index is 11.9. The molecule has 0 bridgehead atoms. The van der Waals surface area contributed by atoms with E-state index >= 15 is 0 Å². The SMILES string of the molecule is CNC(=O)c1ccc(NC(=O)COC(=O)CSc2cc(C)c(Br)cc2C)cc1. The average Bonchev–Trinajstić information content (AvgIpc) is 2.68. The van der Waals surface area contributed by atoms with Crippen LogP contribution in [0.1, 0.15) is 21.5 Å². The molecular formula is C20H21BrN2O4S. The highest BCUT2D eigenvalue weighted by Crippen LogP contribution is 2.28. The molecule has 6 nitrogen and oxygen atoms in total. The van der Waals surface area contributed by atoms with Crippen LogP contribution in [0.4, 0.5) is 5.69 Å². The molecule has 0 spiro atoms. The van der Waals surface area contributed by atoms with Crippen LogP contribution >= 0.6 is 27.7 Å². The third kappa shape index (κ3) is 6.38. The van der Waals surface area contributed by atoms with Crippen molar-refractivity contribution in [3.05, 3.63) is 57.6 Å². The Morgan fingerprint density at radius 3 is 2.39 bits per heavy atom. The fraction of sp³-hybridized carbons (Fsp3) is 0.250. The monoisotopic (exact) mass is 464 g/mol. The molecule has 28 heavy (non-hydrogen) atoms. The van der Waals surface area contributed by atoms with Gasteiger partial charge in [0.05, 0.1) is 5.75 Å². The molecule has 0 aliphatic rings. The van der Waals surface area contributed by atoms with Crippen LogP contribution < -0.4 is 10.6 Å². The van der Waals surface area contributed by atoms with E-state index in [0.29, 0.717) is 11.3 Å². The minimum atomic E-state index is -0.463. The second-order valence-corrected chi connectivity index (χ2v) is 7.89. The van der Waals surface area contributed by atoms with Gasteiger partial charge in [-0.05, 0) is 61.4 Å². The molecule has 0 saturated heterocycles. The van der Waals surface area contributed by atoms with E-state index in [0.717, 1.165) is 20.5 Å². The smallest absolute Gasteiger partial charge is 0.316 e. The first kappa shape index (κ1) is 22.0. The molecule has 2 rings (SSSR count). The molecule has 2 aromatic carbocycles. The lowest BCUT2D eigenvalue weighted by atomic mass is 10.2. The number of halogens is 1. The summed E-state index contributed by atoms with van der Waals surface area (Å²) in [5.74, 6) is -0.993. The zero-order chi connectivity index (χ0) is 20.7. The molecule has 0 heterocycles. The molecule has 0 atom stereocenters. The van der Waals surface area contributed by atoms with Crippen LogP contribution in [0.5, 0.6) is 0 Å². The minimum absolute atomic E-state index is 0.121. The molecule has 0 fully saturated rings. The van der Waals surface area contributed by atoms with Crippen molar-refractivity contribution in [2.24, 2.45) is 0 Å². The molecule has 0 aliphatic heterocycles. The van der Waals surface area contributed by atoms with E-state index in [1.807, 2.05) is 26.0 Å². The first-order valence-corrected chi connectivity index (χ1v) is 10.2. The molecule has 2 aromatic rings. The van der Waals surface area contributed by atoms with Gasteiger partial charge in [-0.15, -0.1) is 11.8 Å². The van der Waals surface area contributed by atoms with Crippen molar-refractivity contribution < 1.29 is 19.1 Å². The van der Waals surface area contributed by atoms with Crippen LogP contribution in [-0.2, 0) is 14.3 Å². The van der Waals surface area contributed by atoms with Crippen molar-refractivity contribution in [2.75, 3.05) is 24.7 Å². The number of hydrogen-bond acceptors (Lipinski definition) is 5. The summed E-state index contributed by atoms with van der Waals surface area (Å²) in [4.78, 5) is 36.3.